The van der Waals surface area contributed by atoms with E-state index in [9.17, 15) is 4.79 Å². The lowest BCUT2D eigenvalue weighted by Crippen LogP contribution is -2.11. The van der Waals surface area contributed by atoms with Crippen LogP contribution in [0.4, 0.5) is 0 Å². The number of carbonyl (C=O) groups is 1. The fourth-order valence-electron chi connectivity index (χ4n) is 0.284. The molecule has 0 rings (SSSR count). The number of hydrogen-bond donors (Lipinski definition) is 1. The van der Waals surface area contributed by atoms with Gasteiger partial charge in [0.25, 0.3) is 0 Å². The Morgan fingerprint density at radius 3 is 2.90 bits per heavy atom. The van der Waals surface area contributed by atoms with Gasteiger partial charge in [0, 0.05) is 0 Å². The van der Waals surface area contributed by atoms with Crippen molar-refractivity contribution in [3.05, 3.63) is 12.7 Å². The molecule has 0 amide bonds. The lowest BCUT2D eigenvalue weighted by molar-refractivity contribution is -0.158. The summed E-state index contributed by atoms with van der Waals surface area (Å²) in [7, 11) is 0. The normalized spacial score (nSPS) is 8.90. The molecule has 0 atom stereocenters. The monoisotopic (exact) mass is 146 g/mol. The summed E-state index contributed by atoms with van der Waals surface area (Å²) in [5, 5.41) is 8.14. The molecule has 0 unspecified atom stereocenters. The second-order valence-corrected chi connectivity index (χ2v) is 1.45. The summed E-state index contributed by atoms with van der Waals surface area (Å²) >= 11 is 0. The molecule has 0 radical (unpaired) electrons. The molecule has 0 aromatic carbocycles. The first kappa shape index (κ1) is 9.13. The molecule has 4 heteroatoms. The van der Waals surface area contributed by atoms with Crippen LogP contribution in [-0.2, 0) is 14.3 Å². The van der Waals surface area contributed by atoms with Gasteiger partial charge in [-0.15, -0.1) is 6.58 Å². The van der Waals surface area contributed by atoms with Crippen LogP contribution in [0.2, 0.25) is 0 Å². The molecule has 0 spiro atoms. The van der Waals surface area contributed by atoms with Crippen LogP contribution in [0.1, 0.15) is 0 Å². The van der Waals surface area contributed by atoms with Gasteiger partial charge in [-0.05, 0) is 0 Å². The minimum Gasteiger partial charge on any atom is -0.437 e. The highest BCUT2D eigenvalue weighted by molar-refractivity contribution is 5.70. The van der Waals surface area contributed by atoms with Gasteiger partial charge in [-0.25, -0.2) is 4.79 Å². The summed E-state index contributed by atoms with van der Waals surface area (Å²) in [5.74, 6) is -0.691. The summed E-state index contributed by atoms with van der Waals surface area (Å²) < 4.78 is 9.02. The van der Waals surface area contributed by atoms with Crippen molar-refractivity contribution >= 4 is 5.97 Å². The average Bonchev–Trinajstić information content (AvgIpc) is 1.98. The molecule has 0 saturated carbocycles. The van der Waals surface area contributed by atoms with Crippen LogP contribution in [0, 0.1) is 0 Å². The van der Waals surface area contributed by atoms with E-state index in [0.29, 0.717) is 6.61 Å². The van der Waals surface area contributed by atoms with E-state index in [0.717, 1.165) is 0 Å². The maximum Gasteiger partial charge on any atom is 0.333 e. The zero-order valence-electron chi connectivity index (χ0n) is 5.58. The highest BCUT2D eigenvalue weighted by Gasteiger charge is 1.96. The zero-order valence-corrected chi connectivity index (χ0v) is 5.58. The molecule has 4 nitrogen and oxygen atoms in total. The molecule has 0 aliphatic carbocycles. The van der Waals surface area contributed by atoms with Crippen molar-refractivity contribution in [2.24, 2.45) is 0 Å². The van der Waals surface area contributed by atoms with Crippen molar-refractivity contribution in [1.82, 2.24) is 0 Å². The van der Waals surface area contributed by atoms with Gasteiger partial charge in [-0.2, -0.15) is 0 Å². The molecule has 0 aliphatic rings. The van der Waals surface area contributed by atoms with E-state index >= 15 is 0 Å². The molecule has 0 heterocycles. The SMILES string of the molecule is C=CCOCOC(=O)CO. The van der Waals surface area contributed by atoms with Crippen molar-refractivity contribution in [1.29, 1.82) is 0 Å². The molecular formula is C6H10O4. The van der Waals surface area contributed by atoms with Gasteiger partial charge < -0.3 is 14.6 Å². The number of carbonyl (C=O) groups excluding carboxylic acids is 1. The largest absolute Gasteiger partial charge is 0.437 e. The van der Waals surface area contributed by atoms with Crippen molar-refractivity contribution in [3.63, 3.8) is 0 Å². The maximum atomic E-state index is 10.2. The summed E-state index contributed by atoms with van der Waals surface area (Å²) in [6, 6.07) is 0. The Balaban J connectivity index is 3.03. The van der Waals surface area contributed by atoms with Gasteiger partial charge in [0.05, 0.1) is 6.61 Å². The van der Waals surface area contributed by atoms with Crippen LogP contribution < -0.4 is 0 Å². The average molecular weight is 146 g/mol. The van der Waals surface area contributed by atoms with E-state index in [2.05, 4.69) is 16.1 Å². The van der Waals surface area contributed by atoms with Gasteiger partial charge in [-0.3, -0.25) is 0 Å². The number of aliphatic hydroxyl groups is 1. The van der Waals surface area contributed by atoms with Crippen LogP contribution in [0.25, 0.3) is 0 Å². The van der Waals surface area contributed by atoms with Gasteiger partial charge in [-0.1, -0.05) is 6.08 Å². The fourth-order valence-corrected chi connectivity index (χ4v) is 0.284. The Bertz CT molecular complexity index is 110. The second-order valence-electron chi connectivity index (χ2n) is 1.45. The maximum absolute atomic E-state index is 10.2. The third-order valence-corrected chi connectivity index (χ3v) is 0.668. The van der Waals surface area contributed by atoms with Crippen LogP contribution in [0.5, 0.6) is 0 Å². The van der Waals surface area contributed by atoms with Crippen molar-refractivity contribution in [2.45, 2.75) is 0 Å². The third-order valence-electron chi connectivity index (χ3n) is 0.668. The molecule has 0 aliphatic heterocycles. The smallest absolute Gasteiger partial charge is 0.333 e. The second kappa shape index (κ2) is 6.25. The molecular weight excluding hydrogens is 136 g/mol. The molecule has 0 saturated heterocycles. The van der Waals surface area contributed by atoms with E-state index in [1.165, 1.54) is 6.08 Å². The molecule has 1 N–H and O–H groups in total. The first-order valence-electron chi connectivity index (χ1n) is 2.76. The van der Waals surface area contributed by atoms with Crippen LogP contribution in [-0.4, -0.2) is 31.1 Å². The van der Waals surface area contributed by atoms with Gasteiger partial charge in [0.1, 0.15) is 6.61 Å². The highest BCUT2D eigenvalue weighted by atomic mass is 16.7. The summed E-state index contributed by atoms with van der Waals surface area (Å²) in [5.41, 5.74) is 0. The predicted octanol–water partition coefficient (Wildman–Crippen LogP) is -0.318. The topological polar surface area (TPSA) is 55.8 Å². The number of esters is 1. The number of aliphatic hydroxyl groups excluding tert-OH is 1. The number of ether oxygens (including phenoxy) is 2. The highest BCUT2D eigenvalue weighted by Crippen LogP contribution is 1.79. The van der Waals surface area contributed by atoms with Crippen LogP contribution in [0.3, 0.4) is 0 Å². The Labute approximate surface area is 59.1 Å². The van der Waals surface area contributed by atoms with Crippen LogP contribution >= 0.6 is 0 Å². The van der Waals surface area contributed by atoms with Crippen molar-refractivity contribution in [2.75, 3.05) is 20.0 Å². The fraction of sp³-hybridized carbons (Fsp3) is 0.500. The molecule has 10 heavy (non-hydrogen) atoms. The Hall–Kier alpha value is -0.870. The molecule has 0 aromatic heterocycles. The van der Waals surface area contributed by atoms with Gasteiger partial charge >= 0.3 is 5.97 Å². The number of hydrogen-bond acceptors (Lipinski definition) is 4. The van der Waals surface area contributed by atoms with E-state index in [4.69, 9.17) is 5.11 Å². The Kier molecular flexibility index (Phi) is 5.71. The Morgan fingerprint density at radius 2 is 2.40 bits per heavy atom. The standard InChI is InChI=1S/C6H10O4/c1-2-3-9-5-10-6(8)4-7/h2,7H,1,3-5H2. The zero-order chi connectivity index (χ0) is 7.82. The quantitative estimate of drug-likeness (QED) is 0.250. The van der Waals surface area contributed by atoms with Crippen molar-refractivity contribution < 1.29 is 19.4 Å². The summed E-state index contributed by atoms with van der Waals surface area (Å²) in [4.78, 5) is 10.2. The van der Waals surface area contributed by atoms with E-state index in [1.807, 2.05) is 0 Å². The lowest BCUT2D eigenvalue weighted by atomic mass is 10.7. The number of rotatable bonds is 5. The van der Waals surface area contributed by atoms with E-state index in [1.54, 1.807) is 0 Å². The first-order chi connectivity index (χ1) is 4.81. The lowest BCUT2D eigenvalue weighted by Gasteiger charge is -2.00. The van der Waals surface area contributed by atoms with Crippen LogP contribution in [0.15, 0.2) is 12.7 Å². The molecule has 0 bridgehead atoms. The third kappa shape index (κ3) is 5.27. The molecule has 0 fully saturated rings. The van der Waals surface area contributed by atoms with Gasteiger partial charge in [0.15, 0.2) is 6.79 Å². The van der Waals surface area contributed by atoms with E-state index < -0.39 is 12.6 Å². The summed E-state index contributed by atoms with van der Waals surface area (Å²) in [6.07, 6.45) is 1.53. The van der Waals surface area contributed by atoms with Gasteiger partial charge in [0.2, 0.25) is 0 Å². The summed E-state index contributed by atoms with van der Waals surface area (Å²) in [6.45, 7) is 2.97. The first-order valence-corrected chi connectivity index (χ1v) is 2.76. The van der Waals surface area contributed by atoms with Crippen molar-refractivity contribution in [3.8, 4) is 0 Å². The minimum atomic E-state index is -0.691. The predicted molar refractivity (Wildman–Crippen MR) is 34.2 cm³/mol. The van der Waals surface area contributed by atoms with E-state index in [-0.39, 0.29) is 6.79 Å². The molecule has 58 valence electrons. The molecule has 0 aromatic rings. The Morgan fingerprint density at radius 1 is 1.70 bits per heavy atom. The minimum absolute atomic E-state index is 0.134.